The van der Waals surface area contributed by atoms with Gasteiger partial charge in [0.15, 0.2) is 0 Å². The van der Waals surface area contributed by atoms with E-state index in [0.717, 1.165) is 38.5 Å². The van der Waals surface area contributed by atoms with E-state index in [1.165, 1.54) is 6.42 Å². The molecule has 1 saturated heterocycles. The molecule has 1 aromatic heterocycles. The fourth-order valence-electron chi connectivity index (χ4n) is 3.69. The molecule has 1 N–H and O–H groups in total. The molecule has 3 rings (SSSR count). The number of pyridine rings is 1. The van der Waals surface area contributed by atoms with Crippen LogP contribution in [0.4, 0.5) is 5.69 Å². The minimum atomic E-state index is -0.360. The first-order valence-electron chi connectivity index (χ1n) is 8.80. The molecule has 1 saturated carbocycles. The van der Waals surface area contributed by atoms with Crippen molar-refractivity contribution in [2.24, 2.45) is 5.92 Å². The number of carbonyl (C=O) groups is 2. The largest absolute Gasteiger partial charge is 0.481 e. The van der Waals surface area contributed by atoms with Gasteiger partial charge in [0.25, 0.3) is 0 Å². The zero-order valence-electron chi connectivity index (χ0n) is 14.2. The van der Waals surface area contributed by atoms with E-state index in [0.29, 0.717) is 18.1 Å². The van der Waals surface area contributed by atoms with Crippen molar-refractivity contribution < 1.29 is 14.3 Å². The Morgan fingerprint density at radius 3 is 2.62 bits per heavy atom. The predicted octanol–water partition coefficient (Wildman–Crippen LogP) is 2.60. The minimum absolute atomic E-state index is 0.106. The van der Waals surface area contributed by atoms with Crippen LogP contribution in [0.5, 0.6) is 5.88 Å². The topological polar surface area (TPSA) is 71.5 Å². The molecular weight excluding hydrogens is 306 g/mol. The summed E-state index contributed by atoms with van der Waals surface area (Å²) in [5, 5.41) is 2.87. The molecule has 1 unspecified atom stereocenters. The van der Waals surface area contributed by atoms with Gasteiger partial charge in [0.1, 0.15) is 6.04 Å². The lowest BCUT2D eigenvalue weighted by atomic mass is 9.88. The molecule has 1 atom stereocenters. The Labute approximate surface area is 142 Å². The summed E-state index contributed by atoms with van der Waals surface area (Å²) in [6.07, 6.45) is 8.58. The van der Waals surface area contributed by atoms with E-state index in [1.807, 2.05) is 0 Å². The first-order valence-corrected chi connectivity index (χ1v) is 8.80. The smallest absolute Gasteiger partial charge is 0.247 e. The van der Waals surface area contributed by atoms with Gasteiger partial charge in [-0.1, -0.05) is 19.3 Å². The van der Waals surface area contributed by atoms with Gasteiger partial charge in [-0.25, -0.2) is 4.98 Å². The Kier molecular flexibility index (Phi) is 5.33. The van der Waals surface area contributed by atoms with Crippen molar-refractivity contribution in [3.63, 3.8) is 0 Å². The summed E-state index contributed by atoms with van der Waals surface area (Å²) in [7, 11) is 1.55. The second-order valence-corrected chi connectivity index (χ2v) is 6.60. The van der Waals surface area contributed by atoms with Crippen LogP contribution in [-0.2, 0) is 9.59 Å². The van der Waals surface area contributed by atoms with Gasteiger partial charge in [0.05, 0.1) is 19.0 Å². The molecule has 2 aliphatic rings. The van der Waals surface area contributed by atoms with Crippen LogP contribution in [0.25, 0.3) is 0 Å². The fourth-order valence-corrected chi connectivity index (χ4v) is 3.69. The number of amides is 2. The number of anilines is 1. The summed E-state index contributed by atoms with van der Waals surface area (Å²) < 4.78 is 5.01. The highest BCUT2D eigenvalue weighted by Gasteiger charge is 2.37. The molecule has 2 heterocycles. The molecule has 6 heteroatoms. The van der Waals surface area contributed by atoms with Crippen molar-refractivity contribution in [1.82, 2.24) is 9.88 Å². The summed E-state index contributed by atoms with van der Waals surface area (Å²) in [4.78, 5) is 31.3. The number of likely N-dealkylation sites (tertiary alicyclic amines) is 1. The molecule has 0 spiro atoms. The van der Waals surface area contributed by atoms with Gasteiger partial charge in [0, 0.05) is 18.5 Å². The van der Waals surface area contributed by atoms with Gasteiger partial charge in [-0.15, -0.1) is 0 Å². The first kappa shape index (κ1) is 16.7. The van der Waals surface area contributed by atoms with Crippen molar-refractivity contribution >= 4 is 17.5 Å². The zero-order chi connectivity index (χ0) is 16.9. The van der Waals surface area contributed by atoms with Crippen molar-refractivity contribution in [2.75, 3.05) is 19.0 Å². The van der Waals surface area contributed by atoms with Gasteiger partial charge < -0.3 is 15.0 Å². The number of aromatic nitrogens is 1. The van der Waals surface area contributed by atoms with E-state index in [2.05, 4.69) is 10.3 Å². The van der Waals surface area contributed by atoms with Gasteiger partial charge in [-0.05, 0) is 31.7 Å². The Balaban J connectivity index is 1.63. The quantitative estimate of drug-likeness (QED) is 0.920. The lowest BCUT2D eigenvalue weighted by Crippen LogP contribution is -2.46. The maximum atomic E-state index is 12.8. The number of hydrogen-bond donors (Lipinski definition) is 1. The van der Waals surface area contributed by atoms with Crippen LogP contribution >= 0.6 is 0 Å². The SMILES string of the molecule is COc1ccc(NC(=O)C2CCCN2C(=O)C2CCCCC2)cn1. The number of nitrogens with zero attached hydrogens (tertiary/aromatic N) is 2. The van der Waals surface area contributed by atoms with Crippen molar-refractivity contribution in [3.8, 4) is 5.88 Å². The third-order valence-corrected chi connectivity index (χ3v) is 5.01. The van der Waals surface area contributed by atoms with Crippen LogP contribution in [-0.4, -0.2) is 41.4 Å². The number of carbonyl (C=O) groups excluding carboxylic acids is 2. The minimum Gasteiger partial charge on any atom is -0.481 e. The average Bonchev–Trinajstić information content (AvgIpc) is 3.12. The second-order valence-electron chi connectivity index (χ2n) is 6.60. The molecule has 6 nitrogen and oxygen atoms in total. The normalized spacial score (nSPS) is 21.5. The standard InChI is InChI=1S/C18H25N3O3/c1-24-16-10-9-14(12-19-16)20-17(22)15-8-5-11-21(15)18(23)13-6-3-2-4-7-13/h9-10,12-13,15H,2-8,11H2,1H3,(H,20,22). The van der Waals surface area contributed by atoms with Crippen LogP contribution in [0.1, 0.15) is 44.9 Å². The third kappa shape index (κ3) is 3.68. The zero-order valence-corrected chi connectivity index (χ0v) is 14.2. The second kappa shape index (κ2) is 7.64. The summed E-state index contributed by atoms with van der Waals surface area (Å²) in [5.41, 5.74) is 0.623. The van der Waals surface area contributed by atoms with E-state index in [1.54, 1.807) is 30.3 Å². The highest BCUT2D eigenvalue weighted by atomic mass is 16.5. The van der Waals surface area contributed by atoms with Gasteiger partial charge >= 0.3 is 0 Å². The molecule has 1 aliphatic carbocycles. The van der Waals surface area contributed by atoms with Crippen molar-refractivity contribution in [1.29, 1.82) is 0 Å². The maximum Gasteiger partial charge on any atom is 0.247 e. The molecule has 1 aromatic rings. The lowest BCUT2D eigenvalue weighted by molar-refractivity contribution is -0.141. The number of methoxy groups -OCH3 is 1. The fraction of sp³-hybridized carbons (Fsp3) is 0.611. The molecule has 2 fully saturated rings. The van der Waals surface area contributed by atoms with Gasteiger partial charge in [-0.3, -0.25) is 9.59 Å². The highest BCUT2D eigenvalue weighted by molar-refractivity contribution is 5.97. The maximum absolute atomic E-state index is 12.8. The average molecular weight is 331 g/mol. The number of rotatable bonds is 4. The third-order valence-electron chi connectivity index (χ3n) is 5.01. The predicted molar refractivity (Wildman–Crippen MR) is 90.7 cm³/mol. The van der Waals surface area contributed by atoms with Crippen LogP contribution in [0.2, 0.25) is 0 Å². The highest BCUT2D eigenvalue weighted by Crippen LogP contribution is 2.29. The van der Waals surface area contributed by atoms with E-state index in [9.17, 15) is 9.59 Å². The lowest BCUT2D eigenvalue weighted by Gasteiger charge is -2.30. The number of nitrogens with one attached hydrogen (secondary N) is 1. The van der Waals surface area contributed by atoms with E-state index in [-0.39, 0.29) is 23.8 Å². The summed E-state index contributed by atoms with van der Waals surface area (Å²) in [5.74, 6) is 0.654. The summed E-state index contributed by atoms with van der Waals surface area (Å²) in [6, 6.07) is 3.10. The molecule has 1 aliphatic heterocycles. The molecule has 2 amide bonds. The molecule has 0 bridgehead atoms. The summed E-state index contributed by atoms with van der Waals surface area (Å²) >= 11 is 0. The molecular formula is C18H25N3O3. The number of ether oxygens (including phenoxy) is 1. The van der Waals surface area contributed by atoms with E-state index >= 15 is 0 Å². The monoisotopic (exact) mass is 331 g/mol. The first-order chi connectivity index (χ1) is 11.7. The molecule has 0 aromatic carbocycles. The van der Waals surface area contributed by atoms with Crippen LogP contribution < -0.4 is 10.1 Å². The Bertz CT molecular complexity index is 582. The van der Waals surface area contributed by atoms with Gasteiger partial charge in [-0.2, -0.15) is 0 Å². The Morgan fingerprint density at radius 1 is 1.17 bits per heavy atom. The van der Waals surface area contributed by atoms with E-state index < -0.39 is 0 Å². The van der Waals surface area contributed by atoms with Crippen molar-refractivity contribution in [2.45, 2.75) is 51.0 Å². The molecule has 0 radical (unpaired) electrons. The van der Waals surface area contributed by atoms with Crippen LogP contribution in [0.15, 0.2) is 18.3 Å². The van der Waals surface area contributed by atoms with E-state index in [4.69, 9.17) is 4.74 Å². The van der Waals surface area contributed by atoms with Crippen LogP contribution in [0, 0.1) is 5.92 Å². The Hall–Kier alpha value is -2.11. The number of hydrogen-bond acceptors (Lipinski definition) is 4. The molecule has 24 heavy (non-hydrogen) atoms. The Morgan fingerprint density at radius 2 is 1.96 bits per heavy atom. The van der Waals surface area contributed by atoms with Gasteiger partial charge in [0.2, 0.25) is 17.7 Å². The van der Waals surface area contributed by atoms with Crippen molar-refractivity contribution in [3.05, 3.63) is 18.3 Å². The molecule has 130 valence electrons. The summed E-state index contributed by atoms with van der Waals surface area (Å²) in [6.45, 7) is 0.689. The van der Waals surface area contributed by atoms with Crippen LogP contribution in [0.3, 0.4) is 0 Å².